The van der Waals surface area contributed by atoms with E-state index in [2.05, 4.69) is 10.1 Å². The highest BCUT2D eigenvalue weighted by atomic mass is 32.2. The molecule has 18 heavy (non-hydrogen) atoms. The lowest BCUT2D eigenvalue weighted by Gasteiger charge is -2.06. The monoisotopic (exact) mass is 278 g/mol. The summed E-state index contributed by atoms with van der Waals surface area (Å²) in [5, 5.41) is 23.7. The zero-order valence-corrected chi connectivity index (χ0v) is 9.19. The van der Waals surface area contributed by atoms with Crippen molar-refractivity contribution in [2.45, 2.75) is 11.3 Å². The second-order valence-electron chi connectivity index (χ2n) is 2.96. The summed E-state index contributed by atoms with van der Waals surface area (Å²) in [6.45, 7) is 0. The zero-order chi connectivity index (χ0) is 14.1. The number of nitriles is 1. The molecule has 0 aromatic carbocycles. The highest BCUT2D eigenvalue weighted by molar-refractivity contribution is 7.89. The van der Waals surface area contributed by atoms with Crippen molar-refractivity contribution in [1.82, 2.24) is 4.98 Å². The molecular formula is C7H4F2N4O4S. The number of alkyl halides is 2. The number of nitrogens with zero attached hydrogens (tertiary/aromatic N) is 3. The summed E-state index contributed by atoms with van der Waals surface area (Å²) in [5.41, 5.74) is -1.93. The Kier molecular flexibility index (Phi) is 3.54. The third kappa shape index (κ3) is 2.55. The van der Waals surface area contributed by atoms with E-state index in [1.807, 2.05) is 0 Å². The molecule has 0 atom stereocenters. The Balaban J connectivity index is 3.86. The van der Waals surface area contributed by atoms with E-state index >= 15 is 0 Å². The van der Waals surface area contributed by atoms with Gasteiger partial charge in [0, 0.05) is 6.07 Å². The number of rotatable bonds is 3. The number of aromatic nitrogens is 1. The van der Waals surface area contributed by atoms with Crippen LogP contribution < -0.4 is 5.14 Å². The molecule has 0 fully saturated rings. The Labute approximate surface area is 98.9 Å². The molecule has 0 radical (unpaired) electrons. The van der Waals surface area contributed by atoms with Crippen molar-refractivity contribution in [2.75, 3.05) is 0 Å². The van der Waals surface area contributed by atoms with Gasteiger partial charge in [0.2, 0.25) is 10.0 Å². The van der Waals surface area contributed by atoms with E-state index in [0.717, 1.165) is 0 Å². The summed E-state index contributed by atoms with van der Waals surface area (Å²) in [4.78, 5) is 10.9. The molecule has 0 aliphatic carbocycles. The van der Waals surface area contributed by atoms with Crippen molar-refractivity contribution in [2.24, 2.45) is 5.14 Å². The SMILES string of the molecule is N#Cc1cc(C(F)F)c(S(N)(=O)=O)c([N+](=O)[O-])n1. The minimum Gasteiger partial charge on any atom is -0.358 e. The van der Waals surface area contributed by atoms with E-state index in [9.17, 15) is 27.3 Å². The highest BCUT2D eigenvalue weighted by Crippen LogP contribution is 2.32. The van der Waals surface area contributed by atoms with Gasteiger partial charge in [-0.05, 0) is 9.91 Å². The van der Waals surface area contributed by atoms with Crippen molar-refractivity contribution in [3.8, 4) is 6.07 Å². The summed E-state index contributed by atoms with van der Waals surface area (Å²) in [5.74, 6) is -1.40. The van der Waals surface area contributed by atoms with Crippen molar-refractivity contribution >= 4 is 15.8 Å². The van der Waals surface area contributed by atoms with Gasteiger partial charge in [-0.2, -0.15) is 5.26 Å². The van der Waals surface area contributed by atoms with Gasteiger partial charge < -0.3 is 10.1 Å². The fourth-order valence-corrected chi connectivity index (χ4v) is 2.02. The van der Waals surface area contributed by atoms with Crippen LogP contribution in [0, 0.1) is 21.4 Å². The van der Waals surface area contributed by atoms with E-state index in [4.69, 9.17) is 5.26 Å². The van der Waals surface area contributed by atoms with E-state index in [1.165, 1.54) is 6.07 Å². The first-order valence-electron chi connectivity index (χ1n) is 4.09. The molecule has 0 aliphatic heterocycles. The lowest BCUT2D eigenvalue weighted by molar-refractivity contribution is -0.392. The average Bonchev–Trinajstić information content (AvgIpc) is 2.25. The van der Waals surface area contributed by atoms with Gasteiger partial charge in [0.25, 0.3) is 12.1 Å². The highest BCUT2D eigenvalue weighted by Gasteiger charge is 2.33. The maximum absolute atomic E-state index is 12.6. The minimum absolute atomic E-state index is 0.442. The number of primary sulfonamides is 1. The van der Waals surface area contributed by atoms with Gasteiger partial charge in [0.15, 0.2) is 4.90 Å². The van der Waals surface area contributed by atoms with Crippen molar-refractivity contribution in [1.29, 1.82) is 5.26 Å². The minimum atomic E-state index is -4.77. The van der Waals surface area contributed by atoms with Crippen molar-refractivity contribution in [3.63, 3.8) is 0 Å². The second kappa shape index (κ2) is 4.59. The molecule has 1 rings (SSSR count). The molecule has 1 heterocycles. The maximum Gasteiger partial charge on any atom is 0.385 e. The largest absolute Gasteiger partial charge is 0.385 e. The molecule has 1 aromatic heterocycles. The number of hydrogen-bond donors (Lipinski definition) is 1. The van der Waals surface area contributed by atoms with Crippen LogP contribution in [0.2, 0.25) is 0 Å². The molecule has 0 spiro atoms. The zero-order valence-electron chi connectivity index (χ0n) is 8.37. The fraction of sp³-hybridized carbons (Fsp3) is 0.143. The number of halogens is 2. The summed E-state index contributed by atoms with van der Waals surface area (Å²) in [6, 6.07) is 1.75. The molecule has 0 aliphatic rings. The summed E-state index contributed by atoms with van der Waals surface area (Å²) >= 11 is 0. The van der Waals surface area contributed by atoms with Crippen LogP contribution in [-0.4, -0.2) is 18.3 Å². The third-order valence-corrected chi connectivity index (χ3v) is 2.78. The van der Waals surface area contributed by atoms with E-state index in [-0.39, 0.29) is 0 Å². The van der Waals surface area contributed by atoms with E-state index in [0.29, 0.717) is 6.07 Å². The number of nitrogens with two attached hydrogens (primary N) is 1. The van der Waals surface area contributed by atoms with Crippen LogP contribution in [0.1, 0.15) is 17.7 Å². The van der Waals surface area contributed by atoms with Gasteiger partial charge in [-0.15, -0.1) is 0 Å². The molecule has 1 aromatic rings. The Morgan fingerprint density at radius 3 is 2.44 bits per heavy atom. The van der Waals surface area contributed by atoms with Crippen LogP contribution >= 0.6 is 0 Å². The Morgan fingerprint density at radius 2 is 2.11 bits per heavy atom. The Morgan fingerprint density at radius 1 is 1.56 bits per heavy atom. The van der Waals surface area contributed by atoms with Crippen molar-refractivity contribution < 1.29 is 22.1 Å². The third-order valence-electron chi connectivity index (χ3n) is 1.79. The molecule has 0 saturated heterocycles. The molecule has 0 amide bonds. The van der Waals surface area contributed by atoms with Gasteiger partial charge >= 0.3 is 5.82 Å². The van der Waals surface area contributed by atoms with E-state index in [1.54, 1.807) is 0 Å². The first kappa shape index (κ1) is 13.9. The topological polar surface area (TPSA) is 140 Å². The molecular weight excluding hydrogens is 274 g/mol. The summed E-state index contributed by atoms with van der Waals surface area (Å²) in [7, 11) is -4.77. The second-order valence-corrected chi connectivity index (χ2v) is 4.46. The molecule has 0 saturated carbocycles. The van der Waals surface area contributed by atoms with Gasteiger partial charge in [-0.25, -0.2) is 22.3 Å². The van der Waals surface area contributed by atoms with Gasteiger partial charge in [0.05, 0.1) is 5.56 Å². The fourth-order valence-electron chi connectivity index (χ4n) is 1.17. The summed E-state index contributed by atoms with van der Waals surface area (Å²) < 4.78 is 47.5. The van der Waals surface area contributed by atoms with Crippen molar-refractivity contribution in [3.05, 3.63) is 27.4 Å². The summed E-state index contributed by atoms with van der Waals surface area (Å²) in [6.07, 6.45) is -3.35. The lowest BCUT2D eigenvalue weighted by atomic mass is 10.2. The van der Waals surface area contributed by atoms with Crippen LogP contribution in [-0.2, 0) is 10.0 Å². The lowest BCUT2D eigenvalue weighted by Crippen LogP contribution is -2.18. The number of sulfonamides is 1. The maximum atomic E-state index is 12.6. The molecule has 96 valence electrons. The normalized spacial score (nSPS) is 11.3. The van der Waals surface area contributed by atoms with Crippen LogP contribution in [0.4, 0.5) is 14.6 Å². The predicted molar refractivity (Wildman–Crippen MR) is 51.9 cm³/mol. The molecule has 0 bridgehead atoms. The van der Waals surface area contributed by atoms with Gasteiger partial charge in [-0.3, -0.25) is 0 Å². The standard InChI is InChI=1S/C7H4F2N4O4S/c8-6(9)4-1-3(2-10)12-7(13(14)15)5(4)18(11,16)17/h1,6H,(H2,11,16,17). The van der Waals surface area contributed by atoms with E-state index < -0.39 is 43.3 Å². The smallest absolute Gasteiger partial charge is 0.358 e. The predicted octanol–water partition coefficient (Wildman–Crippen LogP) is 0.446. The van der Waals surface area contributed by atoms with Crippen LogP contribution in [0.15, 0.2) is 11.0 Å². The average molecular weight is 278 g/mol. The Hall–Kier alpha value is -2.19. The van der Waals surface area contributed by atoms with Gasteiger partial charge in [0.1, 0.15) is 6.07 Å². The number of nitro groups is 1. The quantitative estimate of drug-likeness (QED) is 0.628. The molecule has 8 nitrogen and oxygen atoms in total. The Bertz CT molecular complexity index is 652. The van der Waals surface area contributed by atoms with Crippen LogP contribution in [0.3, 0.4) is 0 Å². The molecule has 0 unspecified atom stereocenters. The molecule has 11 heteroatoms. The first-order chi connectivity index (χ1) is 8.18. The van der Waals surface area contributed by atoms with Crippen LogP contribution in [0.25, 0.3) is 0 Å². The van der Waals surface area contributed by atoms with Crippen LogP contribution in [0.5, 0.6) is 0 Å². The molecule has 2 N–H and O–H groups in total. The first-order valence-corrected chi connectivity index (χ1v) is 5.63. The van der Waals surface area contributed by atoms with Gasteiger partial charge in [-0.1, -0.05) is 0 Å². The number of pyridine rings is 1. The number of hydrogen-bond acceptors (Lipinski definition) is 6.